The fraction of sp³-hybridized carbons (Fsp3) is 0.875. The molecule has 2 fully saturated rings. The molecular formula is C16H29N3O2. The summed E-state index contributed by atoms with van der Waals surface area (Å²) in [5, 5.41) is 3.38. The second kappa shape index (κ2) is 7.25. The van der Waals surface area contributed by atoms with Gasteiger partial charge in [-0.15, -0.1) is 0 Å². The Labute approximate surface area is 127 Å². The molecule has 2 amide bonds. The number of carbonyl (C=O) groups is 2. The Morgan fingerprint density at radius 3 is 2.29 bits per heavy atom. The van der Waals surface area contributed by atoms with Crippen LogP contribution in [0.15, 0.2) is 0 Å². The van der Waals surface area contributed by atoms with E-state index < -0.39 is 5.91 Å². The average Bonchev–Trinajstić information content (AvgIpc) is 2.99. The summed E-state index contributed by atoms with van der Waals surface area (Å²) in [6, 6.07) is 0.211. The molecule has 21 heavy (non-hydrogen) atoms. The van der Waals surface area contributed by atoms with Crippen LogP contribution in [-0.2, 0) is 9.59 Å². The Kier molecular flexibility index (Phi) is 5.62. The molecule has 0 aliphatic heterocycles. The summed E-state index contributed by atoms with van der Waals surface area (Å²) < 4.78 is 0. The summed E-state index contributed by atoms with van der Waals surface area (Å²) >= 11 is 0. The molecule has 0 aromatic carbocycles. The first-order valence-corrected chi connectivity index (χ1v) is 8.33. The van der Waals surface area contributed by atoms with E-state index in [4.69, 9.17) is 5.73 Å². The number of nitrogens with two attached hydrogens (primary N) is 1. The SMILES string of the molecule is CNC1(CC(=O)N(CC(N)=O)C2CCCC2)CCCCC1. The minimum Gasteiger partial charge on any atom is -0.368 e. The second-order valence-corrected chi connectivity index (χ2v) is 6.69. The topological polar surface area (TPSA) is 75.4 Å². The predicted octanol–water partition coefficient (Wildman–Crippen LogP) is 1.56. The van der Waals surface area contributed by atoms with Crippen molar-refractivity contribution >= 4 is 11.8 Å². The number of hydrogen-bond acceptors (Lipinski definition) is 3. The van der Waals surface area contributed by atoms with Crippen molar-refractivity contribution in [2.45, 2.75) is 75.8 Å². The molecule has 0 aromatic rings. The fourth-order valence-electron chi connectivity index (χ4n) is 3.94. The minimum absolute atomic E-state index is 0.0727. The van der Waals surface area contributed by atoms with Crippen molar-refractivity contribution < 1.29 is 9.59 Å². The standard InChI is InChI=1S/C16H29N3O2/c1-18-16(9-5-2-6-10-16)11-15(21)19(12-14(17)20)13-7-3-4-8-13/h13,18H,2-12H2,1H3,(H2,17,20). The van der Waals surface area contributed by atoms with Crippen molar-refractivity contribution in [1.82, 2.24) is 10.2 Å². The monoisotopic (exact) mass is 295 g/mol. The molecule has 0 radical (unpaired) electrons. The van der Waals surface area contributed by atoms with Crippen molar-refractivity contribution in [3.8, 4) is 0 Å². The van der Waals surface area contributed by atoms with E-state index in [0.29, 0.717) is 6.42 Å². The predicted molar refractivity (Wildman–Crippen MR) is 82.7 cm³/mol. The van der Waals surface area contributed by atoms with Gasteiger partial charge in [0.15, 0.2) is 0 Å². The Balaban J connectivity index is 2.04. The Hall–Kier alpha value is -1.10. The molecule has 0 saturated heterocycles. The number of carbonyl (C=O) groups excluding carboxylic acids is 2. The van der Waals surface area contributed by atoms with Gasteiger partial charge in [-0.1, -0.05) is 32.1 Å². The third-order valence-corrected chi connectivity index (χ3v) is 5.24. The molecule has 3 N–H and O–H groups in total. The lowest BCUT2D eigenvalue weighted by Gasteiger charge is -2.39. The van der Waals surface area contributed by atoms with Gasteiger partial charge in [0, 0.05) is 18.0 Å². The van der Waals surface area contributed by atoms with Crippen LogP contribution in [0.4, 0.5) is 0 Å². The molecule has 2 aliphatic carbocycles. The number of hydrogen-bond donors (Lipinski definition) is 2. The molecule has 120 valence electrons. The molecule has 0 bridgehead atoms. The maximum atomic E-state index is 12.8. The molecule has 0 atom stereocenters. The van der Waals surface area contributed by atoms with E-state index in [1.807, 2.05) is 7.05 Å². The molecule has 2 aliphatic rings. The van der Waals surface area contributed by atoms with Crippen LogP contribution in [-0.4, -0.2) is 41.9 Å². The third-order valence-electron chi connectivity index (χ3n) is 5.24. The van der Waals surface area contributed by atoms with E-state index in [-0.39, 0.29) is 24.0 Å². The van der Waals surface area contributed by atoms with Gasteiger partial charge < -0.3 is 16.0 Å². The van der Waals surface area contributed by atoms with Gasteiger partial charge in [0.05, 0.1) is 6.54 Å². The van der Waals surface area contributed by atoms with Gasteiger partial charge in [0.2, 0.25) is 11.8 Å². The maximum absolute atomic E-state index is 12.8. The fourth-order valence-corrected chi connectivity index (χ4v) is 3.94. The number of nitrogens with one attached hydrogen (secondary N) is 1. The van der Waals surface area contributed by atoms with Crippen LogP contribution in [0.5, 0.6) is 0 Å². The van der Waals surface area contributed by atoms with Crippen LogP contribution < -0.4 is 11.1 Å². The van der Waals surface area contributed by atoms with Crippen molar-refractivity contribution in [1.29, 1.82) is 0 Å². The van der Waals surface area contributed by atoms with Gasteiger partial charge in [-0.05, 0) is 32.7 Å². The highest BCUT2D eigenvalue weighted by molar-refractivity contribution is 5.84. The van der Waals surface area contributed by atoms with Gasteiger partial charge in [-0.2, -0.15) is 0 Å². The van der Waals surface area contributed by atoms with E-state index in [0.717, 1.165) is 38.5 Å². The first kappa shape index (κ1) is 16.3. The lowest BCUT2D eigenvalue weighted by molar-refractivity contribution is -0.139. The van der Waals surface area contributed by atoms with E-state index in [9.17, 15) is 9.59 Å². The molecule has 5 heteroatoms. The molecule has 2 rings (SSSR count). The quantitative estimate of drug-likeness (QED) is 0.781. The average molecular weight is 295 g/mol. The largest absolute Gasteiger partial charge is 0.368 e. The number of nitrogens with zero attached hydrogens (tertiary/aromatic N) is 1. The zero-order chi connectivity index (χ0) is 15.3. The summed E-state index contributed by atoms with van der Waals surface area (Å²) in [4.78, 5) is 25.9. The summed E-state index contributed by atoms with van der Waals surface area (Å²) in [6.07, 6.45) is 10.5. The van der Waals surface area contributed by atoms with Crippen LogP contribution in [0.1, 0.15) is 64.2 Å². The lowest BCUT2D eigenvalue weighted by atomic mass is 9.79. The summed E-state index contributed by atoms with van der Waals surface area (Å²) in [5.41, 5.74) is 5.27. The normalized spacial score (nSPS) is 22.1. The number of amides is 2. The van der Waals surface area contributed by atoms with Crippen LogP contribution in [0.25, 0.3) is 0 Å². The number of rotatable bonds is 6. The molecule has 0 aromatic heterocycles. The zero-order valence-electron chi connectivity index (χ0n) is 13.2. The van der Waals surface area contributed by atoms with Crippen LogP contribution in [0.3, 0.4) is 0 Å². The van der Waals surface area contributed by atoms with Gasteiger partial charge in [-0.25, -0.2) is 0 Å². The lowest BCUT2D eigenvalue weighted by Crippen LogP contribution is -2.51. The Bertz CT molecular complexity index is 372. The molecule has 0 unspecified atom stereocenters. The minimum atomic E-state index is -0.405. The highest BCUT2D eigenvalue weighted by Gasteiger charge is 2.36. The Morgan fingerprint density at radius 2 is 1.76 bits per heavy atom. The first-order valence-electron chi connectivity index (χ1n) is 8.33. The van der Waals surface area contributed by atoms with E-state index in [2.05, 4.69) is 5.32 Å². The van der Waals surface area contributed by atoms with Crippen LogP contribution in [0, 0.1) is 0 Å². The molecule has 2 saturated carbocycles. The second-order valence-electron chi connectivity index (χ2n) is 6.69. The van der Waals surface area contributed by atoms with E-state index >= 15 is 0 Å². The smallest absolute Gasteiger partial charge is 0.237 e. The van der Waals surface area contributed by atoms with E-state index in [1.54, 1.807) is 4.90 Å². The molecule has 0 heterocycles. The highest BCUT2D eigenvalue weighted by atomic mass is 16.2. The van der Waals surface area contributed by atoms with Gasteiger partial charge in [0.1, 0.15) is 0 Å². The number of primary amides is 1. The van der Waals surface area contributed by atoms with E-state index in [1.165, 1.54) is 19.3 Å². The molecular weight excluding hydrogens is 266 g/mol. The van der Waals surface area contributed by atoms with Crippen molar-refractivity contribution in [2.75, 3.05) is 13.6 Å². The summed E-state index contributed by atoms with van der Waals surface area (Å²) in [6.45, 7) is 0.0727. The van der Waals surface area contributed by atoms with Crippen LogP contribution in [0.2, 0.25) is 0 Å². The maximum Gasteiger partial charge on any atom is 0.237 e. The van der Waals surface area contributed by atoms with Crippen molar-refractivity contribution in [3.63, 3.8) is 0 Å². The molecule has 5 nitrogen and oxygen atoms in total. The molecule has 0 spiro atoms. The van der Waals surface area contributed by atoms with Gasteiger partial charge in [-0.3, -0.25) is 9.59 Å². The summed E-state index contributed by atoms with van der Waals surface area (Å²) in [7, 11) is 1.95. The zero-order valence-corrected chi connectivity index (χ0v) is 13.2. The third kappa shape index (κ3) is 4.19. The van der Waals surface area contributed by atoms with Crippen molar-refractivity contribution in [3.05, 3.63) is 0 Å². The van der Waals surface area contributed by atoms with Gasteiger partial charge in [0.25, 0.3) is 0 Å². The Morgan fingerprint density at radius 1 is 1.14 bits per heavy atom. The van der Waals surface area contributed by atoms with Crippen molar-refractivity contribution in [2.24, 2.45) is 5.73 Å². The summed E-state index contributed by atoms with van der Waals surface area (Å²) in [5.74, 6) is -0.311. The highest BCUT2D eigenvalue weighted by Crippen LogP contribution is 2.32. The van der Waals surface area contributed by atoms with Crippen LogP contribution >= 0.6 is 0 Å². The van der Waals surface area contributed by atoms with Gasteiger partial charge >= 0.3 is 0 Å². The first-order chi connectivity index (χ1) is 10.1.